The fourth-order valence-electron chi connectivity index (χ4n) is 2.37. The van der Waals surface area contributed by atoms with Crippen LogP contribution in [-0.2, 0) is 10.0 Å². The minimum Gasteiger partial charge on any atom is -0.398 e. The number of rotatable bonds is 2. The molecule has 2 rings (SSSR count). The second-order valence-electron chi connectivity index (χ2n) is 5.06. The number of piperidine rings is 1. The Morgan fingerprint density at radius 3 is 2.42 bits per heavy atom. The van der Waals surface area contributed by atoms with Crippen LogP contribution in [0.15, 0.2) is 17.0 Å². The van der Waals surface area contributed by atoms with E-state index in [0.29, 0.717) is 31.5 Å². The van der Waals surface area contributed by atoms with E-state index in [1.165, 1.54) is 4.31 Å². The van der Waals surface area contributed by atoms with Gasteiger partial charge in [0.15, 0.2) is 0 Å². The van der Waals surface area contributed by atoms with Crippen molar-refractivity contribution in [3.63, 3.8) is 0 Å². The average Bonchev–Trinajstić information content (AvgIpc) is 2.34. The Morgan fingerprint density at radius 1 is 1.26 bits per heavy atom. The van der Waals surface area contributed by atoms with Crippen molar-refractivity contribution in [2.24, 2.45) is 0 Å². The number of sulfonamides is 1. The number of nitrogens with two attached hydrogens (primary N) is 1. The van der Waals surface area contributed by atoms with Gasteiger partial charge in [-0.1, -0.05) is 6.07 Å². The molecule has 0 unspecified atom stereocenters. The highest BCUT2D eigenvalue weighted by molar-refractivity contribution is 7.89. The third-order valence-corrected chi connectivity index (χ3v) is 5.83. The smallest absolute Gasteiger partial charge is 0.245 e. The molecule has 0 spiro atoms. The van der Waals surface area contributed by atoms with Gasteiger partial charge in [-0.2, -0.15) is 4.31 Å². The van der Waals surface area contributed by atoms with Gasteiger partial charge in [-0.3, -0.25) is 0 Å². The topological polar surface area (TPSA) is 83.6 Å². The zero-order valence-electron chi connectivity index (χ0n) is 11.3. The predicted molar refractivity (Wildman–Crippen MR) is 74.3 cm³/mol. The molecular weight excluding hydrogens is 264 g/mol. The Bertz CT molecular complexity index is 576. The number of aryl methyl sites for hydroxylation is 1. The van der Waals surface area contributed by atoms with Crippen LogP contribution >= 0.6 is 0 Å². The maximum Gasteiger partial charge on any atom is 0.245 e. The number of aliphatic hydroxyl groups is 1. The monoisotopic (exact) mass is 284 g/mol. The molecule has 0 radical (unpaired) electrons. The van der Waals surface area contributed by atoms with E-state index >= 15 is 0 Å². The number of benzene rings is 1. The number of anilines is 1. The molecule has 1 saturated heterocycles. The zero-order chi connectivity index (χ0) is 14.2. The first kappa shape index (κ1) is 14.3. The number of nitrogens with zero attached hydrogens (tertiary/aromatic N) is 1. The number of nitrogen functional groups attached to an aromatic ring is 1. The number of aliphatic hydroxyl groups excluding tert-OH is 1. The van der Waals surface area contributed by atoms with Crippen molar-refractivity contribution in [2.45, 2.75) is 37.7 Å². The van der Waals surface area contributed by atoms with Crippen LogP contribution in [0.1, 0.15) is 24.0 Å². The summed E-state index contributed by atoms with van der Waals surface area (Å²) < 4.78 is 26.7. The fraction of sp³-hybridized carbons (Fsp3) is 0.538. The maximum atomic E-state index is 12.7. The lowest BCUT2D eigenvalue weighted by Crippen LogP contribution is -2.40. The summed E-state index contributed by atoms with van der Waals surface area (Å²) >= 11 is 0. The Morgan fingerprint density at radius 2 is 1.84 bits per heavy atom. The molecule has 1 aliphatic rings. The molecule has 0 aliphatic carbocycles. The zero-order valence-corrected chi connectivity index (χ0v) is 12.1. The van der Waals surface area contributed by atoms with Gasteiger partial charge in [-0.15, -0.1) is 0 Å². The van der Waals surface area contributed by atoms with Crippen LogP contribution in [0.2, 0.25) is 0 Å². The minimum absolute atomic E-state index is 0.212. The van der Waals surface area contributed by atoms with Gasteiger partial charge in [0.1, 0.15) is 4.90 Å². The van der Waals surface area contributed by atoms with Crippen LogP contribution in [0, 0.1) is 13.8 Å². The number of hydrogen-bond donors (Lipinski definition) is 2. The summed E-state index contributed by atoms with van der Waals surface area (Å²) in [6, 6.07) is 3.46. The minimum atomic E-state index is -3.57. The summed E-state index contributed by atoms with van der Waals surface area (Å²) in [5.41, 5.74) is 7.75. The van der Waals surface area contributed by atoms with Crippen molar-refractivity contribution in [1.82, 2.24) is 4.31 Å². The lowest BCUT2D eigenvalue weighted by atomic mass is 10.1. The molecule has 1 aliphatic heterocycles. The Balaban J connectivity index is 2.43. The van der Waals surface area contributed by atoms with Gasteiger partial charge >= 0.3 is 0 Å². The lowest BCUT2D eigenvalue weighted by Gasteiger charge is -2.29. The Labute approximate surface area is 114 Å². The van der Waals surface area contributed by atoms with Crippen LogP contribution in [0.4, 0.5) is 5.69 Å². The molecule has 0 atom stereocenters. The predicted octanol–water partition coefficient (Wildman–Crippen LogP) is 1.03. The third kappa shape index (κ3) is 2.61. The summed E-state index contributed by atoms with van der Waals surface area (Å²) in [6.07, 6.45) is 0.552. The SMILES string of the molecule is Cc1ccc(N)c(S(=O)(=O)N2CCC(O)CC2)c1C. The van der Waals surface area contributed by atoms with Crippen molar-refractivity contribution in [3.8, 4) is 0 Å². The number of hydrogen-bond acceptors (Lipinski definition) is 4. The highest BCUT2D eigenvalue weighted by Crippen LogP contribution is 2.29. The molecule has 1 fully saturated rings. The Hall–Kier alpha value is -1.11. The van der Waals surface area contributed by atoms with Gasteiger partial charge in [0.25, 0.3) is 0 Å². The molecule has 3 N–H and O–H groups in total. The Kier molecular flexibility index (Phi) is 3.85. The molecule has 0 amide bonds. The third-order valence-electron chi connectivity index (χ3n) is 3.73. The van der Waals surface area contributed by atoms with E-state index in [-0.39, 0.29) is 10.6 Å². The largest absolute Gasteiger partial charge is 0.398 e. The molecule has 19 heavy (non-hydrogen) atoms. The summed E-state index contributed by atoms with van der Waals surface area (Å²) in [6.45, 7) is 4.33. The quantitative estimate of drug-likeness (QED) is 0.795. The van der Waals surface area contributed by atoms with Gasteiger partial charge in [0, 0.05) is 13.1 Å². The second kappa shape index (κ2) is 5.11. The van der Waals surface area contributed by atoms with Crippen molar-refractivity contribution in [2.75, 3.05) is 18.8 Å². The molecular formula is C13H20N2O3S. The van der Waals surface area contributed by atoms with Gasteiger partial charge in [-0.05, 0) is 43.9 Å². The van der Waals surface area contributed by atoms with E-state index < -0.39 is 16.1 Å². The molecule has 6 heteroatoms. The van der Waals surface area contributed by atoms with Gasteiger partial charge in [0.05, 0.1) is 11.8 Å². The van der Waals surface area contributed by atoms with Crippen LogP contribution in [0.5, 0.6) is 0 Å². The van der Waals surface area contributed by atoms with Crippen molar-refractivity contribution >= 4 is 15.7 Å². The van der Waals surface area contributed by atoms with E-state index in [9.17, 15) is 13.5 Å². The van der Waals surface area contributed by atoms with Gasteiger partial charge < -0.3 is 10.8 Å². The first-order chi connectivity index (χ1) is 8.84. The van der Waals surface area contributed by atoms with Gasteiger partial charge in [-0.25, -0.2) is 8.42 Å². The summed E-state index contributed by atoms with van der Waals surface area (Å²) in [5.74, 6) is 0. The first-order valence-electron chi connectivity index (χ1n) is 6.38. The van der Waals surface area contributed by atoms with Crippen LogP contribution in [0.3, 0.4) is 0 Å². The first-order valence-corrected chi connectivity index (χ1v) is 7.82. The maximum absolute atomic E-state index is 12.7. The highest BCUT2D eigenvalue weighted by Gasteiger charge is 2.31. The molecule has 0 aromatic heterocycles. The highest BCUT2D eigenvalue weighted by atomic mass is 32.2. The van der Waals surface area contributed by atoms with Gasteiger partial charge in [0.2, 0.25) is 10.0 Å². The molecule has 1 aromatic rings. The molecule has 106 valence electrons. The molecule has 0 bridgehead atoms. The van der Waals surface area contributed by atoms with E-state index in [4.69, 9.17) is 5.73 Å². The van der Waals surface area contributed by atoms with E-state index in [1.807, 2.05) is 13.0 Å². The molecule has 0 saturated carbocycles. The van der Waals surface area contributed by atoms with Crippen LogP contribution < -0.4 is 5.73 Å². The molecule has 1 heterocycles. The van der Waals surface area contributed by atoms with E-state index in [2.05, 4.69) is 0 Å². The second-order valence-corrected chi connectivity index (χ2v) is 6.94. The standard InChI is InChI=1S/C13H20N2O3S/c1-9-3-4-12(14)13(10(9)2)19(17,18)15-7-5-11(16)6-8-15/h3-4,11,16H,5-8,14H2,1-2H3. The van der Waals surface area contributed by atoms with Crippen molar-refractivity contribution in [3.05, 3.63) is 23.3 Å². The van der Waals surface area contributed by atoms with Crippen LogP contribution in [0.25, 0.3) is 0 Å². The fourth-order valence-corrected chi connectivity index (χ4v) is 4.23. The van der Waals surface area contributed by atoms with E-state index in [0.717, 1.165) is 5.56 Å². The van der Waals surface area contributed by atoms with Crippen molar-refractivity contribution in [1.29, 1.82) is 0 Å². The van der Waals surface area contributed by atoms with Crippen molar-refractivity contribution < 1.29 is 13.5 Å². The lowest BCUT2D eigenvalue weighted by molar-refractivity contribution is 0.113. The average molecular weight is 284 g/mol. The summed E-state index contributed by atoms with van der Waals surface area (Å²) in [7, 11) is -3.57. The molecule has 5 nitrogen and oxygen atoms in total. The normalized spacial score (nSPS) is 18.7. The summed E-state index contributed by atoms with van der Waals surface area (Å²) in [5, 5.41) is 9.47. The van der Waals surface area contributed by atoms with Crippen LogP contribution in [-0.4, -0.2) is 37.0 Å². The summed E-state index contributed by atoms with van der Waals surface area (Å²) in [4.78, 5) is 0.212. The van der Waals surface area contributed by atoms with E-state index in [1.54, 1.807) is 13.0 Å². The molecule has 1 aromatic carbocycles.